The van der Waals surface area contributed by atoms with Gasteiger partial charge in [-0.1, -0.05) is 0 Å². The summed E-state index contributed by atoms with van der Waals surface area (Å²) >= 11 is 0. The van der Waals surface area contributed by atoms with Crippen molar-refractivity contribution in [1.82, 2.24) is 0 Å². The van der Waals surface area contributed by atoms with Crippen molar-refractivity contribution in [3.05, 3.63) is 46.6 Å². The van der Waals surface area contributed by atoms with Crippen LogP contribution >= 0.6 is 0 Å². The molecule has 0 spiro atoms. The first-order valence-electron chi connectivity index (χ1n) is 14.6. The smallest absolute Gasteiger partial charge is 0.308 e. The van der Waals surface area contributed by atoms with Gasteiger partial charge in [-0.2, -0.15) is 0 Å². The van der Waals surface area contributed by atoms with E-state index in [9.17, 15) is 50.1 Å². The zero-order chi connectivity index (χ0) is 35.0. The van der Waals surface area contributed by atoms with Crippen LogP contribution in [0.1, 0.15) is 20.8 Å². The van der Waals surface area contributed by atoms with Gasteiger partial charge in [0.05, 0.1) is 12.7 Å². The van der Waals surface area contributed by atoms with E-state index in [1.165, 1.54) is 31.2 Å². The molecule has 48 heavy (non-hydrogen) atoms. The number of aromatic hydroxyl groups is 1. The molecule has 10 atom stereocenters. The highest BCUT2D eigenvalue weighted by molar-refractivity contribution is 5.86. The molecule has 0 saturated carbocycles. The van der Waals surface area contributed by atoms with Gasteiger partial charge in [0, 0.05) is 37.6 Å². The van der Waals surface area contributed by atoms with Crippen molar-refractivity contribution < 1.29 is 78.2 Å². The first kappa shape index (κ1) is 35.1. The van der Waals surface area contributed by atoms with E-state index in [-0.39, 0.29) is 39.5 Å². The van der Waals surface area contributed by atoms with Crippen LogP contribution in [0.3, 0.4) is 0 Å². The lowest BCUT2D eigenvalue weighted by molar-refractivity contribution is -0.318. The number of fused-ring (bicyclic) bond motifs is 1. The molecule has 10 unspecified atom stereocenters. The molecular formula is C31H34O17. The largest absolute Gasteiger partial charge is 0.507 e. The van der Waals surface area contributed by atoms with Crippen molar-refractivity contribution in [3.63, 3.8) is 0 Å². The Labute approximate surface area is 271 Å². The molecule has 260 valence electrons. The number of rotatable bonds is 8. The van der Waals surface area contributed by atoms with E-state index in [0.29, 0.717) is 0 Å². The fourth-order valence-electron chi connectivity index (χ4n) is 5.22. The summed E-state index contributed by atoms with van der Waals surface area (Å²) in [6, 6.07) is 7.35. The number of ether oxygens (including phenoxy) is 6. The number of phenols is 1. The van der Waals surface area contributed by atoms with Crippen LogP contribution in [0, 0.1) is 0 Å². The molecule has 3 heterocycles. The van der Waals surface area contributed by atoms with Gasteiger partial charge in [-0.25, -0.2) is 0 Å². The summed E-state index contributed by atoms with van der Waals surface area (Å²) < 4.78 is 38.2. The molecule has 2 fully saturated rings. The minimum Gasteiger partial charge on any atom is -0.507 e. The van der Waals surface area contributed by atoms with E-state index in [4.69, 9.17) is 32.8 Å². The zero-order valence-corrected chi connectivity index (χ0v) is 25.7. The Morgan fingerprint density at radius 1 is 0.771 bits per heavy atom. The van der Waals surface area contributed by atoms with E-state index in [1.54, 1.807) is 0 Å². The van der Waals surface area contributed by atoms with Gasteiger partial charge in [-0.05, 0) is 25.1 Å². The van der Waals surface area contributed by atoms with Crippen molar-refractivity contribution >= 4 is 22.9 Å². The van der Waals surface area contributed by atoms with Crippen LogP contribution < -0.4 is 19.6 Å². The van der Waals surface area contributed by atoms with E-state index >= 15 is 0 Å². The molecule has 2 aliphatic rings. The summed E-state index contributed by atoms with van der Waals surface area (Å²) in [7, 11) is 0. The van der Waals surface area contributed by atoms with Gasteiger partial charge in [-0.3, -0.25) is 14.4 Å². The van der Waals surface area contributed by atoms with Crippen LogP contribution in [0.15, 0.2) is 45.6 Å². The standard InChI is InChI=1S/C31H34O17/c1-11-24(36)26(38)28(40)30(43-11)42-10-22-25(37)27(39)29(41)31(48-22)46-15-7-16(34)23-17(35)9-19(47-21(23)8-15)14-4-5-18(44-12(2)32)20(6-14)45-13(3)33/h4-9,11,22,24-31,34,36-41H,10H2,1-3H3. The quantitative estimate of drug-likeness (QED) is 0.112. The van der Waals surface area contributed by atoms with Gasteiger partial charge in [0.25, 0.3) is 0 Å². The molecule has 2 aliphatic heterocycles. The number of aliphatic hydroxyl groups is 6. The Morgan fingerprint density at radius 3 is 2.10 bits per heavy atom. The Kier molecular flexibility index (Phi) is 10.3. The summed E-state index contributed by atoms with van der Waals surface area (Å²) in [5, 5.41) is 72.2. The molecule has 2 aromatic carbocycles. The average molecular weight is 679 g/mol. The fraction of sp³-hybridized carbons (Fsp3) is 0.452. The summed E-state index contributed by atoms with van der Waals surface area (Å²) in [5.41, 5.74) is -0.631. The van der Waals surface area contributed by atoms with Crippen LogP contribution in [0.5, 0.6) is 23.0 Å². The molecule has 0 bridgehead atoms. The van der Waals surface area contributed by atoms with E-state index < -0.39 is 91.1 Å². The van der Waals surface area contributed by atoms with Crippen LogP contribution in [0.4, 0.5) is 0 Å². The molecule has 2 saturated heterocycles. The number of benzene rings is 2. The van der Waals surface area contributed by atoms with Gasteiger partial charge >= 0.3 is 11.9 Å². The highest BCUT2D eigenvalue weighted by Gasteiger charge is 2.47. The van der Waals surface area contributed by atoms with Crippen molar-refractivity contribution in [2.45, 2.75) is 82.2 Å². The molecule has 17 heteroatoms. The van der Waals surface area contributed by atoms with Crippen molar-refractivity contribution in [1.29, 1.82) is 0 Å². The topological polar surface area (TPSA) is 261 Å². The second kappa shape index (κ2) is 14.1. The molecule has 1 aromatic heterocycles. The number of carbonyl (C=O) groups is 2. The summed E-state index contributed by atoms with van der Waals surface area (Å²) in [6.07, 6.45) is -15.4. The number of aliphatic hydroxyl groups excluding tert-OH is 6. The van der Waals surface area contributed by atoms with Gasteiger partial charge in [0.2, 0.25) is 6.29 Å². The third kappa shape index (κ3) is 7.29. The molecular weight excluding hydrogens is 644 g/mol. The predicted octanol–water partition coefficient (Wildman–Crippen LogP) is -0.953. The maximum atomic E-state index is 13.0. The van der Waals surface area contributed by atoms with Gasteiger partial charge < -0.3 is 68.6 Å². The van der Waals surface area contributed by atoms with Gasteiger partial charge in [0.1, 0.15) is 71.0 Å². The first-order valence-corrected chi connectivity index (χ1v) is 14.6. The molecule has 0 aliphatic carbocycles. The lowest BCUT2D eigenvalue weighted by atomic mass is 9.98. The second-order valence-electron chi connectivity index (χ2n) is 11.3. The van der Waals surface area contributed by atoms with Crippen LogP contribution in [-0.2, 0) is 23.8 Å². The second-order valence-corrected chi connectivity index (χ2v) is 11.3. The normalized spacial score (nSPS) is 30.5. The summed E-state index contributed by atoms with van der Waals surface area (Å²) in [5.74, 6) is -2.39. The van der Waals surface area contributed by atoms with Crippen LogP contribution in [-0.4, -0.2) is 116 Å². The fourth-order valence-corrected chi connectivity index (χ4v) is 5.22. The van der Waals surface area contributed by atoms with Gasteiger partial charge in [0.15, 0.2) is 23.2 Å². The van der Waals surface area contributed by atoms with Crippen LogP contribution in [0.2, 0.25) is 0 Å². The third-order valence-electron chi connectivity index (χ3n) is 7.67. The highest BCUT2D eigenvalue weighted by Crippen LogP contribution is 2.36. The number of phenolic OH excluding ortho intramolecular Hbond substituents is 1. The first-order chi connectivity index (χ1) is 22.6. The number of esters is 2. The van der Waals surface area contributed by atoms with E-state index in [2.05, 4.69) is 0 Å². The SMILES string of the molecule is CC(=O)Oc1ccc(-c2cc(=O)c3c(O)cc(OC4OC(COC5OC(C)C(O)C(O)C5O)C(O)C(O)C4O)cc3o2)cc1OC(C)=O. The predicted molar refractivity (Wildman–Crippen MR) is 158 cm³/mol. The lowest BCUT2D eigenvalue weighted by Crippen LogP contribution is -2.61. The Morgan fingerprint density at radius 2 is 1.42 bits per heavy atom. The summed E-state index contributed by atoms with van der Waals surface area (Å²) in [4.78, 5) is 36.1. The number of hydrogen-bond acceptors (Lipinski definition) is 17. The Hall–Kier alpha value is -4.17. The van der Waals surface area contributed by atoms with E-state index in [0.717, 1.165) is 26.0 Å². The molecule has 0 radical (unpaired) electrons. The van der Waals surface area contributed by atoms with E-state index in [1.807, 2.05) is 0 Å². The Bertz CT molecular complexity index is 1720. The molecule has 3 aromatic rings. The maximum absolute atomic E-state index is 13.0. The molecule has 7 N–H and O–H groups in total. The number of hydrogen-bond donors (Lipinski definition) is 7. The minimum absolute atomic E-state index is 0.0457. The average Bonchev–Trinajstić information content (AvgIpc) is 3.01. The Balaban J connectivity index is 1.39. The van der Waals surface area contributed by atoms with Crippen molar-refractivity contribution in [2.24, 2.45) is 0 Å². The third-order valence-corrected chi connectivity index (χ3v) is 7.67. The van der Waals surface area contributed by atoms with Crippen molar-refractivity contribution in [2.75, 3.05) is 6.61 Å². The monoisotopic (exact) mass is 678 g/mol. The number of carbonyl (C=O) groups excluding carboxylic acids is 2. The molecule has 5 rings (SSSR count). The van der Waals surface area contributed by atoms with Crippen molar-refractivity contribution in [3.8, 4) is 34.3 Å². The highest BCUT2D eigenvalue weighted by atomic mass is 16.7. The van der Waals surface area contributed by atoms with Gasteiger partial charge in [-0.15, -0.1) is 0 Å². The molecule has 17 nitrogen and oxygen atoms in total. The zero-order valence-electron chi connectivity index (χ0n) is 25.7. The maximum Gasteiger partial charge on any atom is 0.308 e. The molecule has 0 amide bonds. The lowest BCUT2D eigenvalue weighted by Gasteiger charge is -2.42. The minimum atomic E-state index is -1.82. The van der Waals surface area contributed by atoms with Crippen LogP contribution in [0.25, 0.3) is 22.3 Å². The summed E-state index contributed by atoms with van der Waals surface area (Å²) in [6.45, 7) is 3.21.